The number of nitrogens with two attached hydrogens (primary N) is 1. The van der Waals surface area contributed by atoms with Crippen LogP contribution in [0.25, 0.3) is 0 Å². The van der Waals surface area contributed by atoms with Gasteiger partial charge in [0.25, 0.3) is 0 Å². The van der Waals surface area contributed by atoms with Crippen molar-refractivity contribution in [2.24, 2.45) is 5.73 Å². The molecule has 0 bridgehead atoms. The maximum atomic E-state index is 10.6. The van der Waals surface area contributed by atoms with E-state index in [0.29, 0.717) is 0 Å². The maximum Gasteiger partial charge on any atom is 0.0777 e. The summed E-state index contributed by atoms with van der Waals surface area (Å²) in [5.41, 5.74) is 5.47. The molecular weight excluding hydrogens is 320 g/mol. The zero-order valence-electron chi connectivity index (χ0n) is 18.6. The highest BCUT2D eigenvalue weighted by Gasteiger charge is 1.95. The van der Waals surface area contributed by atoms with E-state index in [9.17, 15) is 5.21 Å². The van der Waals surface area contributed by atoms with Crippen LogP contribution < -0.4 is 5.73 Å². The smallest absolute Gasteiger partial charge is 0.0777 e. The summed E-state index contributed by atoms with van der Waals surface area (Å²) in [4.78, 5) is 0. The van der Waals surface area contributed by atoms with Crippen molar-refractivity contribution in [2.75, 3.05) is 27.2 Å². The zero-order chi connectivity index (χ0) is 19.9. The van der Waals surface area contributed by atoms with Crippen molar-refractivity contribution >= 4 is 0 Å². The van der Waals surface area contributed by atoms with Gasteiger partial charge in [0.2, 0.25) is 0 Å². The van der Waals surface area contributed by atoms with Gasteiger partial charge in [-0.15, -0.1) is 0 Å². The highest BCUT2D eigenvalue weighted by molar-refractivity contribution is 4.81. The van der Waals surface area contributed by atoms with E-state index in [1.165, 1.54) is 89.9 Å². The number of nitrogens with zero attached hydrogens (tertiary/aromatic N) is 1. The number of hydrogen-bond acceptors (Lipinski definition) is 2. The largest absolute Gasteiger partial charge is 0.633 e. The lowest BCUT2D eigenvalue weighted by molar-refractivity contribution is -0.839. The Morgan fingerprint density at radius 3 is 1.42 bits per heavy atom. The van der Waals surface area contributed by atoms with Gasteiger partial charge in [-0.25, -0.2) is 0 Å². The SMILES string of the molecule is CCCCCCCC/C=C\CCCCCCCCN.CCC[N+](C)(C)[O-]. The second-order valence-corrected chi connectivity index (χ2v) is 8.02. The Balaban J connectivity index is 0. The third kappa shape index (κ3) is 31.4. The summed E-state index contributed by atoms with van der Waals surface area (Å²) in [5.74, 6) is 0. The van der Waals surface area contributed by atoms with E-state index in [0.717, 1.165) is 19.5 Å². The van der Waals surface area contributed by atoms with Gasteiger partial charge in [0.15, 0.2) is 0 Å². The Labute approximate surface area is 165 Å². The zero-order valence-corrected chi connectivity index (χ0v) is 18.6. The monoisotopic (exact) mass is 370 g/mol. The highest BCUT2D eigenvalue weighted by Crippen LogP contribution is 2.09. The topological polar surface area (TPSA) is 49.1 Å². The van der Waals surface area contributed by atoms with Gasteiger partial charge in [-0.1, -0.05) is 83.8 Å². The second kappa shape index (κ2) is 22.7. The van der Waals surface area contributed by atoms with Gasteiger partial charge in [-0.2, -0.15) is 0 Å². The van der Waals surface area contributed by atoms with E-state index in [2.05, 4.69) is 19.1 Å². The van der Waals surface area contributed by atoms with Gasteiger partial charge >= 0.3 is 0 Å². The van der Waals surface area contributed by atoms with Gasteiger partial charge in [0, 0.05) is 0 Å². The van der Waals surface area contributed by atoms with Crippen molar-refractivity contribution in [1.82, 2.24) is 0 Å². The third-order valence-corrected chi connectivity index (χ3v) is 4.48. The van der Waals surface area contributed by atoms with E-state index < -0.39 is 0 Å². The van der Waals surface area contributed by atoms with E-state index in [-0.39, 0.29) is 4.65 Å². The molecule has 0 fully saturated rings. The van der Waals surface area contributed by atoms with E-state index in [1.807, 2.05) is 6.92 Å². The fraction of sp³-hybridized carbons (Fsp3) is 0.913. The van der Waals surface area contributed by atoms with Gasteiger partial charge in [-0.3, -0.25) is 0 Å². The second-order valence-electron chi connectivity index (χ2n) is 8.02. The van der Waals surface area contributed by atoms with Crippen LogP contribution in [-0.2, 0) is 0 Å². The lowest BCUT2D eigenvalue weighted by Gasteiger charge is -2.33. The lowest BCUT2D eigenvalue weighted by Crippen LogP contribution is -2.32. The molecule has 0 atom stereocenters. The standard InChI is InChI=1S/C18H37N.C5H13NO/c1-2-3-4-5-6-7-8-9-10-11-12-13-14-15-16-17-18-19;1-4-5-6(2,3)7/h9-10H,2-8,11-19H2,1H3;4-5H2,1-3H3/b10-9-;. The Morgan fingerprint density at radius 2 is 1.08 bits per heavy atom. The number of hydroxylamine groups is 3. The van der Waals surface area contributed by atoms with Crippen molar-refractivity contribution in [2.45, 2.75) is 110 Å². The molecule has 0 spiro atoms. The van der Waals surface area contributed by atoms with Crippen LogP contribution in [0.15, 0.2) is 12.2 Å². The molecular formula is C23H50N2O. The van der Waals surface area contributed by atoms with Gasteiger partial charge in [0.05, 0.1) is 20.6 Å². The maximum absolute atomic E-state index is 10.6. The summed E-state index contributed by atoms with van der Waals surface area (Å²) in [6.45, 7) is 5.88. The molecule has 0 aromatic carbocycles. The minimum Gasteiger partial charge on any atom is -0.633 e. The van der Waals surface area contributed by atoms with E-state index >= 15 is 0 Å². The first-order valence-electron chi connectivity index (χ1n) is 11.4. The van der Waals surface area contributed by atoms with E-state index in [4.69, 9.17) is 5.73 Å². The van der Waals surface area contributed by atoms with Crippen molar-refractivity contribution in [3.63, 3.8) is 0 Å². The molecule has 0 saturated carbocycles. The van der Waals surface area contributed by atoms with E-state index in [1.54, 1.807) is 14.1 Å². The molecule has 0 aliphatic heterocycles. The number of rotatable bonds is 17. The molecule has 2 N–H and O–H groups in total. The Hall–Kier alpha value is -0.380. The number of unbranched alkanes of at least 4 members (excludes halogenated alkanes) is 12. The first kappa shape index (κ1) is 27.8. The molecule has 0 amide bonds. The average Bonchev–Trinajstić information content (AvgIpc) is 2.58. The number of allylic oxidation sites excluding steroid dienone is 2. The Bertz CT molecular complexity index is 272. The Kier molecular flexibility index (Phi) is 24.3. The fourth-order valence-corrected chi connectivity index (χ4v) is 2.93. The normalized spacial score (nSPS) is 11.6. The molecule has 0 unspecified atom stereocenters. The van der Waals surface area contributed by atoms with Gasteiger partial charge in [0.1, 0.15) is 0 Å². The quantitative estimate of drug-likeness (QED) is 0.130. The van der Waals surface area contributed by atoms with Crippen LogP contribution in [0.2, 0.25) is 0 Å². The van der Waals surface area contributed by atoms with Crippen molar-refractivity contribution in [3.05, 3.63) is 17.4 Å². The van der Waals surface area contributed by atoms with Crippen molar-refractivity contribution in [3.8, 4) is 0 Å². The van der Waals surface area contributed by atoms with Gasteiger partial charge < -0.3 is 15.6 Å². The van der Waals surface area contributed by atoms with Crippen molar-refractivity contribution in [1.29, 1.82) is 0 Å². The minimum absolute atomic E-state index is 0.156. The Morgan fingerprint density at radius 1 is 0.654 bits per heavy atom. The molecule has 26 heavy (non-hydrogen) atoms. The van der Waals surface area contributed by atoms with Crippen molar-refractivity contribution < 1.29 is 4.65 Å². The van der Waals surface area contributed by atoms with Crippen LogP contribution in [0.5, 0.6) is 0 Å². The lowest BCUT2D eigenvalue weighted by atomic mass is 10.1. The predicted molar refractivity (Wildman–Crippen MR) is 119 cm³/mol. The third-order valence-electron chi connectivity index (χ3n) is 4.48. The van der Waals surface area contributed by atoms with Gasteiger partial charge in [-0.05, 0) is 45.1 Å². The molecule has 0 saturated heterocycles. The molecule has 0 aliphatic rings. The molecule has 3 heteroatoms. The summed E-state index contributed by atoms with van der Waals surface area (Å²) in [6.07, 6.45) is 24.9. The molecule has 158 valence electrons. The molecule has 0 heterocycles. The number of quaternary nitrogens is 1. The summed E-state index contributed by atoms with van der Waals surface area (Å²) >= 11 is 0. The molecule has 0 radical (unpaired) electrons. The average molecular weight is 371 g/mol. The molecule has 0 aromatic rings. The molecule has 0 aliphatic carbocycles. The highest BCUT2D eigenvalue weighted by atomic mass is 16.5. The van der Waals surface area contributed by atoms with Crippen LogP contribution in [0.4, 0.5) is 0 Å². The fourth-order valence-electron chi connectivity index (χ4n) is 2.93. The van der Waals surface area contributed by atoms with Crippen LogP contribution in [0.3, 0.4) is 0 Å². The summed E-state index contributed by atoms with van der Waals surface area (Å²) in [6, 6.07) is 0. The number of hydrogen-bond donors (Lipinski definition) is 1. The summed E-state index contributed by atoms with van der Waals surface area (Å²) in [7, 11) is 3.31. The van der Waals surface area contributed by atoms with Crippen LogP contribution in [0, 0.1) is 5.21 Å². The van der Waals surface area contributed by atoms with Crippen LogP contribution in [-0.4, -0.2) is 31.8 Å². The predicted octanol–water partition coefficient (Wildman–Crippen LogP) is 6.95. The molecule has 3 nitrogen and oxygen atoms in total. The van der Waals surface area contributed by atoms with Crippen LogP contribution >= 0.6 is 0 Å². The summed E-state index contributed by atoms with van der Waals surface area (Å²) < 4.78 is -0.156. The van der Waals surface area contributed by atoms with Crippen LogP contribution in [0.1, 0.15) is 110 Å². The minimum atomic E-state index is -0.156. The first-order chi connectivity index (χ1) is 12.5. The molecule has 0 aromatic heterocycles. The summed E-state index contributed by atoms with van der Waals surface area (Å²) in [5, 5.41) is 10.6. The first-order valence-corrected chi connectivity index (χ1v) is 11.4. The molecule has 0 rings (SSSR count).